The quantitative estimate of drug-likeness (QED) is 0.848. The van der Waals surface area contributed by atoms with Gasteiger partial charge in [0, 0.05) is 17.0 Å². The molecule has 2 atom stereocenters. The first-order valence-corrected chi connectivity index (χ1v) is 6.82. The molecule has 82 valence electrons. The Balaban J connectivity index is 1.82. The summed E-state index contributed by atoms with van der Waals surface area (Å²) >= 11 is 2.03. The van der Waals surface area contributed by atoms with Gasteiger partial charge in [0.25, 0.3) is 0 Å². The van der Waals surface area contributed by atoms with E-state index < -0.39 is 0 Å². The maximum atomic E-state index is 6.12. The third-order valence-corrected chi connectivity index (χ3v) is 4.57. The lowest BCUT2D eigenvalue weighted by atomic mass is 9.96. The van der Waals surface area contributed by atoms with Gasteiger partial charge in [-0.3, -0.25) is 0 Å². The molecule has 2 heteroatoms. The summed E-state index contributed by atoms with van der Waals surface area (Å²) in [5.74, 6) is 1.11. The fourth-order valence-corrected chi connectivity index (χ4v) is 3.43. The van der Waals surface area contributed by atoms with Crippen molar-refractivity contribution in [2.24, 2.45) is 5.73 Å². The molecule has 0 aromatic heterocycles. The zero-order chi connectivity index (χ0) is 10.5. The second kappa shape index (κ2) is 5.57. The summed E-state index contributed by atoms with van der Waals surface area (Å²) in [6.07, 6.45) is 5.20. The summed E-state index contributed by atoms with van der Waals surface area (Å²) < 4.78 is 0. The van der Waals surface area contributed by atoms with E-state index in [1.165, 1.54) is 31.2 Å². The number of benzene rings is 1. The lowest BCUT2D eigenvalue weighted by Crippen LogP contribution is -2.35. The fourth-order valence-electron chi connectivity index (χ4n) is 2.11. The van der Waals surface area contributed by atoms with Crippen molar-refractivity contribution in [3.63, 3.8) is 0 Å². The van der Waals surface area contributed by atoms with E-state index in [9.17, 15) is 0 Å². The Kier molecular flexibility index (Phi) is 4.09. The number of hydrogen-bond acceptors (Lipinski definition) is 2. The molecule has 0 aliphatic heterocycles. The van der Waals surface area contributed by atoms with Crippen LogP contribution in [0.5, 0.6) is 0 Å². The van der Waals surface area contributed by atoms with Gasteiger partial charge in [-0.05, 0) is 18.4 Å². The molecule has 0 radical (unpaired) electrons. The first-order valence-electron chi connectivity index (χ1n) is 5.77. The molecule has 0 bridgehead atoms. The first kappa shape index (κ1) is 11.0. The van der Waals surface area contributed by atoms with Gasteiger partial charge in [0.2, 0.25) is 0 Å². The van der Waals surface area contributed by atoms with Gasteiger partial charge in [0.1, 0.15) is 0 Å². The number of thioether (sulfide) groups is 1. The maximum absolute atomic E-state index is 6.12. The minimum atomic E-state index is 0.424. The Bertz CT molecular complexity index is 286. The van der Waals surface area contributed by atoms with Crippen molar-refractivity contribution in [3.05, 3.63) is 35.9 Å². The van der Waals surface area contributed by atoms with Crippen LogP contribution in [0.25, 0.3) is 0 Å². The van der Waals surface area contributed by atoms with Gasteiger partial charge in [-0.25, -0.2) is 0 Å². The average Bonchev–Trinajstić information content (AvgIpc) is 2.29. The van der Waals surface area contributed by atoms with E-state index in [1.54, 1.807) is 0 Å². The van der Waals surface area contributed by atoms with Crippen LogP contribution in [0.3, 0.4) is 0 Å². The summed E-state index contributed by atoms with van der Waals surface area (Å²) in [4.78, 5) is 0. The molecule has 1 aromatic carbocycles. The van der Waals surface area contributed by atoms with Crippen molar-refractivity contribution in [2.45, 2.75) is 42.7 Å². The van der Waals surface area contributed by atoms with Gasteiger partial charge in [0.15, 0.2) is 0 Å². The van der Waals surface area contributed by atoms with E-state index in [-0.39, 0.29) is 0 Å². The van der Waals surface area contributed by atoms with Crippen molar-refractivity contribution in [3.8, 4) is 0 Å². The van der Waals surface area contributed by atoms with Crippen molar-refractivity contribution < 1.29 is 0 Å². The van der Waals surface area contributed by atoms with Crippen LogP contribution in [0.2, 0.25) is 0 Å². The molecule has 0 spiro atoms. The maximum Gasteiger partial charge on any atom is 0.0202 e. The van der Waals surface area contributed by atoms with Crippen LogP contribution in [-0.4, -0.2) is 11.3 Å². The molecule has 15 heavy (non-hydrogen) atoms. The Morgan fingerprint density at radius 3 is 2.60 bits per heavy atom. The Hall–Kier alpha value is -0.470. The molecule has 1 fully saturated rings. The van der Waals surface area contributed by atoms with E-state index in [1.807, 2.05) is 11.8 Å². The van der Waals surface area contributed by atoms with Crippen molar-refractivity contribution in [2.75, 3.05) is 0 Å². The molecule has 0 heterocycles. The fraction of sp³-hybridized carbons (Fsp3) is 0.538. The van der Waals surface area contributed by atoms with Gasteiger partial charge in [-0.15, -0.1) is 0 Å². The predicted molar refractivity (Wildman–Crippen MR) is 68.0 cm³/mol. The minimum absolute atomic E-state index is 0.424. The highest BCUT2D eigenvalue weighted by Crippen LogP contribution is 2.29. The lowest BCUT2D eigenvalue weighted by Gasteiger charge is -2.27. The molecule has 1 nitrogen and oxygen atoms in total. The topological polar surface area (TPSA) is 26.0 Å². The van der Waals surface area contributed by atoms with Crippen molar-refractivity contribution in [1.82, 2.24) is 0 Å². The number of rotatable bonds is 3. The smallest absolute Gasteiger partial charge is 0.0202 e. The summed E-state index contributed by atoms with van der Waals surface area (Å²) in [6.45, 7) is 0. The van der Waals surface area contributed by atoms with Crippen molar-refractivity contribution >= 4 is 11.8 Å². The van der Waals surface area contributed by atoms with E-state index in [0.29, 0.717) is 11.3 Å². The third kappa shape index (κ3) is 3.25. The van der Waals surface area contributed by atoms with Crippen LogP contribution < -0.4 is 5.73 Å². The van der Waals surface area contributed by atoms with E-state index in [4.69, 9.17) is 5.73 Å². The monoisotopic (exact) mass is 221 g/mol. The molecule has 1 aliphatic carbocycles. The third-order valence-electron chi connectivity index (χ3n) is 3.06. The average molecular weight is 221 g/mol. The summed E-state index contributed by atoms with van der Waals surface area (Å²) in [7, 11) is 0. The van der Waals surface area contributed by atoms with Crippen LogP contribution in [0.15, 0.2) is 30.3 Å². The Morgan fingerprint density at radius 2 is 1.87 bits per heavy atom. The Labute approximate surface area is 96.4 Å². The number of hydrogen-bond donors (Lipinski definition) is 1. The van der Waals surface area contributed by atoms with Crippen LogP contribution in [-0.2, 0) is 5.75 Å². The number of nitrogens with two attached hydrogens (primary N) is 1. The van der Waals surface area contributed by atoms with Gasteiger partial charge >= 0.3 is 0 Å². The molecular formula is C13H19NS. The van der Waals surface area contributed by atoms with Crippen molar-refractivity contribution in [1.29, 1.82) is 0 Å². The molecule has 2 rings (SSSR count). The molecule has 1 aromatic rings. The standard InChI is InChI=1S/C13H19NS/c14-12-8-4-5-9-13(12)15-10-11-6-2-1-3-7-11/h1-3,6-7,12-13H,4-5,8-10,14H2/t12-,13-/m0/s1. The van der Waals surface area contributed by atoms with Gasteiger partial charge < -0.3 is 5.73 Å². The summed E-state index contributed by atoms with van der Waals surface area (Å²) in [6, 6.07) is 11.1. The highest BCUT2D eigenvalue weighted by atomic mass is 32.2. The highest BCUT2D eigenvalue weighted by Gasteiger charge is 2.21. The predicted octanol–water partition coefficient (Wildman–Crippen LogP) is 3.19. The molecule has 1 saturated carbocycles. The SMILES string of the molecule is N[C@H]1CCCC[C@@H]1SCc1ccccc1. The second-order valence-electron chi connectivity index (χ2n) is 4.28. The Morgan fingerprint density at radius 1 is 1.13 bits per heavy atom. The zero-order valence-corrected chi connectivity index (χ0v) is 9.88. The van der Waals surface area contributed by atoms with Gasteiger partial charge in [-0.2, -0.15) is 11.8 Å². The summed E-state index contributed by atoms with van der Waals surface area (Å²) in [5, 5.41) is 0.680. The highest BCUT2D eigenvalue weighted by molar-refractivity contribution is 7.99. The van der Waals surface area contributed by atoms with Crippen LogP contribution in [0.4, 0.5) is 0 Å². The lowest BCUT2D eigenvalue weighted by molar-refractivity contribution is 0.453. The van der Waals surface area contributed by atoms with E-state index in [2.05, 4.69) is 30.3 Å². The van der Waals surface area contributed by atoms with Crippen LogP contribution >= 0.6 is 11.8 Å². The molecule has 2 N–H and O–H groups in total. The van der Waals surface area contributed by atoms with E-state index >= 15 is 0 Å². The van der Waals surface area contributed by atoms with Gasteiger partial charge in [-0.1, -0.05) is 43.2 Å². The molecule has 1 aliphatic rings. The molecule has 0 unspecified atom stereocenters. The normalized spacial score (nSPS) is 26.5. The molecule has 0 saturated heterocycles. The van der Waals surface area contributed by atoms with Crippen LogP contribution in [0.1, 0.15) is 31.2 Å². The second-order valence-corrected chi connectivity index (χ2v) is 5.51. The molecular weight excluding hydrogens is 202 g/mol. The van der Waals surface area contributed by atoms with Gasteiger partial charge in [0.05, 0.1) is 0 Å². The molecule has 0 amide bonds. The summed E-state index contributed by atoms with van der Waals surface area (Å²) in [5.41, 5.74) is 7.54. The largest absolute Gasteiger partial charge is 0.327 e. The van der Waals surface area contributed by atoms with E-state index in [0.717, 1.165) is 5.75 Å². The first-order chi connectivity index (χ1) is 7.36. The minimum Gasteiger partial charge on any atom is -0.327 e. The zero-order valence-electron chi connectivity index (χ0n) is 9.06. The van der Waals surface area contributed by atoms with Crippen LogP contribution in [0, 0.1) is 0 Å².